The van der Waals surface area contributed by atoms with E-state index in [1.165, 1.54) is 0 Å². The number of benzene rings is 1. The summed E-state index contributed by atoms with van der Waals surface area (Å²) >= 11 is 1.15. The molecule has 0 radical (unpaired) electrons. The van der Waals surface area contributed by atoms with E-state index in [1.54, 1.807) is 11.5 Å². The van der Waals surface area contributed by atoms with Gasteiger partial charge >= 0.3 is 0 Å². The third-order valence-electron chi connectivity index (χ3n) is 3.55. The van der Waals surface area contributed by atoms with Crippen molar-refractivity contribution in [3.63, 3.8) is 0 Å². The zero-order chi connectivity index (χ0) is 19.3. The summed E-state index contributed by atoms with van der Waals surface area (Å²) in [4.78, 5) is 23.2. The first kappa shape index (κ1) is 19.8. The lowest BCUT2D eigenvalue weighted by molar-refractivity contribution is -0.118. The number of nitrogens with two attached hydrogens (primary N) is 1. The molecule has 0 saturated heterocycles. The van der Waals surface area contributed by atoms with Gasteiger partial charge in [-0.05, 0) is 26.0 Å². The molecular formula is C16H19F2N5O2S. The summed E-state index contributed by atoms with van der Waals surface area (Å²) in [7, 11) is 0. The van der Waals surface area contributed by atoms with Gasteiger partial charge in [0, 0.05) is 25.5 Å². The Kier molecular flexibility index (Phi) is 6.67. The maximum atomic E-state index is 13.6. The molecule has 10 heteroatoms. The number of nitrogens with one attached hydrogen (secondary N) is 1. The van der Waals surface area contributed by atoms with Crippen molar-refractivity contribution >= 4 is 29.3 Å². The number of rotatable bonds is 8. The lowest BCUT2D eigenvalue weighted by atomic mass is 10.3. The van der Waals surface area contributed by atoms with Crippen LogP contribution in [0.15, 0.2) is 23.4 Å². The van der Waals surface area contributed by atoms with E-state index < -0.39 is 28.7 Å². The molecule has 140 valence electrons. The van der Waals surface area contributed by atoms with Gasteiger partial charge in [0.1, 0.15) is 17.5 Å². The highest BCUT2D eigenvalue weighted by atomic mass is 32.2. The Morgan fingerprint density at radius 3 is 2.69 bits per heavy atom. The predicted octanol–water partition coefficient (Wildman–Crippen LogP) is 2.11. The van der Waals surface area contributed by atoms with Gasteiger partial charge in [-0.2, -0.15) is 0 Å². The van der Waals surface area contributed by atoms with E-state index in [4.69, 9.17) is 5.73 Å². The fourth-order valence-corrected chi connectivity index (χ4v) is 3.11. The summed E-state index contributed by atoms with van der Waals surface area (Å²) in [6.07, 6.45) is 0.515. The molecule has 26 heavy (non-hydrogen) atoms. The Labute approximate surface area is 153 Å². The molecule has 3 N–H and O–H groups in total. The van der Waals surface area contributed by atoms with Crippen molar-refractivity contribution in [3.8, 4) is 0 Å². The lowest BCUT2D eigenvalue weighted by Crippen LogP contribution is -2.23. The average Bonchev–Trinajstić information content (AvgIpc) is 2.96. The zero-order valence-electron chi connectivity index (χ0n) is 14.3. The SMILES string of the molecule is CCn1c(CCC(N)=O)nnc1S[C@@H](C)C(=O)Nc1ccc(F)cc1F. The molecule has 1 aromatic carbocycles. The molecule has 0 unspecified atom stereocenters. The highest BCUT2D eigenvalue weighted by Crippen LogP contribution is 2.24. The van der Waals surface area contributed by atoms with Gasteiger partial charge in [-0.3, -0.25) is 9.59 Å². The van der Waals surface area contributed by atoms with Crippen LogP contribution in [0.25, 0.3) is 0 Å². The minimum absolute atomic E-state index is 0.0945. The van der Waals surface area contributed by atoms with Crippen molar-refractivity contribution in [2.45, 2.75) is 43.6 Å². The molecule has 0 saturated carbocycles. The molecular weight excluding hydrogens is 364 g/mol. The Morgan fingerprint density at radius 2 is 2.08 bits per heavy atom. The fourth-order valence-electron chi connectivity index (χ4n) is 2.18. The Morgan fingerprint density at radius 1 is 1.35 bits per heavy atom. The number of carbonyl (C=O) groups is 2. The van der Waals surface area contributed by atoms with Crippen LogP contribution in [0.1, 0.15) is 26.1 Å². The number of amides is 2. The summed E-state index contributed by atoms with van der Waals surface area (Å²) in [5.41, 5.74) is 5.05. The van der Waals surface area contributed by atoms with Crippen LogP contribution < -0.4 is 11.1 Å². The van der Waals surface area contributed by atoms with Crippen LogP contribution in [0.5, 0.6) is 0 Å². The first-order valence-corrected chi connectivity index (χ1v) is 8.82. The molecule has 0 aliphatic heterocycles. The summed E-state index contributed by atoms with van der Waals surface area (Å²) in [5, 5.41) is 10.4. The average molecular weight is 383 g/mol. The number of carbonyl (C=O) groups excluding carboxylic acids is 2. The van der Waals surface area contributed by atoms with Crippen LogP contribution in [0, 0.1) is 11.6 Å². The van der Waals surface area contributed by atoms with Crippen molar-refractivity contribution in [1.82, 2.24) is 14.8 Å². The molecule has 2 amide bonds. The highest BCUT2D eigenvalue weighted by Gasteiger charge is 2.21. The summed E-state index contributed by atoms with van der Waals surface area (Å²) < 4.78 is 28.4. The second-order valence-corrected chi connectivity index (χ2v) is 6.79. The van der Waals surface area contributed by atoms with Crippen molar-refractivity contribution in [2.75, 3.05) is 5.32 Å². The highest BCUT2D eigenvalue weighted by molar-refractivity contribution is 8.00. The minimum Gasteiger partial charge on any atom is -0.370 e. The number of aryl methyl sites for hydroxylation is 1. The lowest BCUT2D eigenvalue weighted by Gasteiger charge is -2.13. The van der Waals surface area contributed by atoms with Crippen LogP contribution >= 0.6 is 11.8 Å². The molecule has 1 heterocycles. The van der Waals surface area contributed by atoms with Gasteiger partial charge in [0.25, 0.3) is 0 Å². The molecule has 0 spiro atoms. The molecule has 0 bridgehead atoms. The molecule has 1 atom stereocenters. The number of anilines is 1. The van der Waals surface area contributed by atoms with Gasteiger partial charge in [0.2, 0.25) is 11.8 Å². The number of hydrogen-bond donors (Lipinski definition) is 2. The number of halogens is 2. The monoisotopic (exact) mass is 383 g/mol. The number of nitrogens with zero attached hydrogens (tertiary/aromatic N) is 3. The largest absolute Gasteiger partial charge is 0.370 e. The molecule has 0 aliphatic carbocycles. The topological polar surface area (TPSA) is 103 Å². The normalized spacial score (nSPS) is 12.0. The molecule has 1 aromatic heterocycles. The molecule has 2 aromatic rings. The van der Waals surface area contributed by atoms with E-state index in [9.17, 15) is 18.4 Å². The molecule has 7 nitrogen and oxygen atoms in total. The Bertz CT molecular complexity index is 812. The van der Waals surface area contributed by atoms with Gasteiger partial charge < -0.3 is 15.6 Å². The van der Waals surface area contributed by atoms with Crippen LogP contribution in [0.4, 0.5) is 14.5 Å². The first-order chi connectivity index (χ1) is 12.3. The van der Waals surface area contributed by atoms with E-state index >= 15 is 0 Å². The van der Waals surface area contributed by atoms with E-state index in [1.807, 2.05) is 6.92 Å². The van der Waals surface area contributed by atoms with E-state index in [2.05, 4.69) is 15.5 Å². The Balaban J connectivity index is 2.05. The van der Waals surface area contributed by atoms with Gasteiger partial charge in [0.05, 0.1) is 10.9 Å². The smallest absolute Gasteiger partial charge is 0.237 e. The fraction of sp³-hybridized carbons (Fsp3) is 0.375. The molecule has 0 aliphatic rings. The van der Waals surface area contributed by atoms with Crippen molar-refractivity contribution in [3.05, 3.63) is 35.7 Å². The van der Waals surface area contributed by atoms with Crippen LogP contribution in [-0.2, 0) is 22.6 Å². The first-order valence-electron chi connectivity index (χ1n) is 7.94. The second-order valence-electron chi connectivity index (χ2n) is 5.48. The summed E-state index contributed by atoms with van der Waals surface area (Å²) in [6.45, 7) is 4.09. The number of aromatic nitrogens is 3. The van der Waals surface area contributed by atoms with Crippen molar-refractivity contribution < 1.29 is 18.4 Å². The van der Waals surface area contributed by atoms with E-state index in [0.29, 0.717) is 30.0 Å². The van der Waals surface area contributed by atoms with Crippen LogP contribution in [0.3, 0.4) is 0 Å². The number of primary amides is 1. The quantitative estimate of drug-likeness (QED) is 0.680. The maximum Gasteiger partial charge on any atom is 0.237 e. The van der Waals surface area contributed by atoms with Crippen molar-refractivity contribution in [1.29, 1.82) is 0 Å². The second kappa shape index (κ2) is 8.75. The third kappa shape index (κ3) is 5.01. The third-order valence-corrected chi connectivity index (χ3v) is 4.63. The van der Waals surface area contributed by atoms with E-state index in [-0.39, 0.29) is 12.1 Å². The van der Waals surface area contributed by atoms with Crippen LogP contribution in [0.2, 0.25) is 0 Å². The summed E-state index contributed by atoms with van der Waals surface area (Å²) in [6, 6.07) is 2.93. The van der Waals surface area contributed by atoms with Gasteiger partial charge in [0.15, 0.2) is 5.16 Å². The number of hydrogen-bond acceptors (Lipinski definition) is 5. The summed E-state index contributed by atoms with van der Waals surface area (Å²) in [5.74, 6) is -1.85. The van der Waals surface area contributed by atoms with Crippen molar-refractivity contribution in [2.24, 2.45) is 5.73 Å². The van der Waals surface area contributed by atoms with Gasteiger partial charge in [-0.1, -0.05) is 11.8 Å². The van der Waals surface area contributed by atoms with Gasteiger partial charge in [-0.15, -0.1) is 10.2 Å². The van der Waals surface area contributed by atoms with Crippen LogP contribution in [-0.4, -0.2) is 31.8 Å². The number of thioether (sulfide) groups is 1. The molecule has 0 fully saturated rings. The molecule has 2 rings (SSSR count). The Hall–Kier alpha value is -2.49. The maximum absolute atomic E-state index is 13.6. The predicted molar refractivity (Wildman–Crippen MR) is 93.5 cm³/mol. The standard InChI is InChI=1S/C16H19F2N5O2S/c1-3-23-14(7-6-13(19)24)21-22-16(23)26-9(2)15(25)20-12-5-4-10(17)8-11(12)18/h4-5,8-9H,3,6-7H2,1-2H3,(H2,19,24)(H,20,25)/t9-/m0/s1. The minimum atomic E-state index is -0.846. The van der Waals surface area contributed by atoms with E-state index in [0.717, 1.165) is 23.9 Å². The van der Waals surface area contributed by atoms with Gasteiger partial charge in [-0.25, -0.2) is 8.78 Å². The zero-order valence-corrected chi connectivity index (χ0v) is 15.1.